The highest BCUT2D eigenvalue weighted by atomic mass is 35.5. The Morgan fingerprint density at radius 1 is 1.28 bits per heavy atom. The smallest absolute Gasteiger partial charge is 0.267 e. The Kier molecular flexibility index (Phi) is 3.58. The Labute approximate surface area is 109 Å². The zero-order chi connectivity index (χ0) is 13.1. The quantitative estimate of drug-likeness (QED) is 0.796. The average molecular weight is 263 g/mol. The van der Waals surface area contributed by atoms with Gasteiger partial charge in [-0.15, -0.1) is 0 Å². The van der Waals surface area contributed by atoms with E-state index in [2.05, 4.69) is 5.10 Å². The minimum Gasteiger partial charge on any atom is -0.292 e. The maximum absolute atomic E-state index is 12.0. The number of carbonyl (C=O) groups is 1. The largest absolute Gasteiger partial charge is 0.292 e. The maximum Gasteiger partial charge on any atom is 0.267 e. The van der Waals surface area contributed by atoms with E-state index < -0.39 is 0 Å². The molecule has 0 saturated heterocycles. The van der Waals surface area contributed by atoms with Crippen molar-refractivity contribution in [1.29, 1.82) is 0 Å². The summed E-state index contributed by atoms with van der Waals surface area (Å²) < 4.78 is 1.14. The van der Waals surface area contributed by atoms with Gasteiger partial charge in [-0.3, -0.25) is 9.59 Å². The Morgan fingerprint density at radius 2 is 2.00 bits per heavy atom. The van der Waals surface area contributed by atoms with Crippen LogP contribution in [0.4, 0.5) is 0 Å². The van der Waals surface area contributed by atoms with E-state index in [0.29, 0.717) is 16.3 Å². The molecule has 0 saturated carbocycles. The summed E-state index contributed by atoms with van der Waals surface area (Å²) >= 11 is 5.93. The summed E-state index contributed by atoms with van der Waals surface area (Å²) in [5.74, 6) is -0.235. The van der Waals surface area contributed by atoms with E-state index in [4.69, 9.17) is 11.6 Å². The van der Waals surface area contributed by atoms with Gasteiger partial charge in [0.2, 0.25) is 0 Å². The van der Waals surface area contributed by atoms with Crippen LogP contribution < -0.4 is 5.56 Å². The SMILES string of the molecule is Cc1ccc(=O)n(CC(=O)c2ccccc2Cl)n1. The molecule has 4 nitrogen and oxygen atoms in total. The lowest BCUT2D eigenvalue weighted by atomic mass is 10.1. The molecular weight excluding hydrogens is 252 g/mol. The lowest BCUT2D eigenvalue weighted by Crippen LogP contribution is -2.26. The molecule has 1 heterocycles. The van der Waals surface area contributed by atoms with Crippen LogP contribution in [0.1, 0.15) is 16.1 Å². The van der Waals surface area contributed by atoms with Crippen molar-refractivity contribution in [1.82, 2.24) is 9.78 Å². The van der Waals surface area contributed by atoms with Gasteiger partial charge in [-0.2, -0.15) is 5.10 Å². The van der Waals surface area contributed by atoms with Gasteiger partial charge in [-0.05, 0) is 25.1 Å². The van der Waals surface area contributed by atoms with Gasteiger partial charge < -0.3 is 0 Å². The highest BCUT2D eigenvalue weighted by Crippen LogP contribution is 2.15. The van der Waals surface area contributed by atoms with E-state index in [9.17, 15) is 9.59 Å². The molecule has 0 fully saturated rings. The first-order valence-corrected chi connectivity index (χ1v) is 5.78. The number of rotatable bonds is 3. The zero-order valence-electron chi connectivity index (χ0n) is 9.76. The van der Waals surface area contributed by atoms with Gasteiger partial charge in [0.25, 0.3) is 5.56 Å². The first-order valence-electron chi connectivity index (χ1n) is 5.40. The minimum atomic E-state index is -0.305. The Bertz CT molecular complexity index is 649. The van der Waals surface area contributed by atoms with Crippen molar-refractivity contribution < 1.29 is 4.79 Å². The molecule has 0 unspecified atom stereocenters. The third kappa shape index (κ3) is 2.65. The van der Waals surface area contributed by atoms with E-state index >= 15 is 0 Å². The van der Waals surface area contributed by atoms with Gasteiger partial charge in [-0.1, -0.05) is 23.7 Å². The molecule has 1 aromatic heterocycles. The molecule has 0 atom stereocenters. The Hall–Kier alpha value is -1.94. The molecule has 0 spiro atoms. The van der Waals surface area contributed by atoms with Crippen LogP contribution in [-0.4, -0.2) is 15.6 Å². The van der Waals surface area contributed by atoms with Crippen molar-refractivity contribution in [2.45, 2.75) is 13.5 Å². The van der Waals surface area contributed by atoms with E-state index in [-0.39, 0.29) is 17.9 Å². The number of nitrogens with zero attached hydrogens (tertiary/aromatic N) is 2. The van der Waals surface area contributed by atoms with E-state index in [0.717, 1.165) is 4.68 Å². The van der Waals surface area contributed by atoms with Crippen molar-refractivity contribution in [3.63, 3.8) is 0 Å². The van der Waals surface area contributed by atoms with E-state index in [1.165, 1.54) is 6.07 Å². The monoisotopic (exact) mass is 262 g/mol. The third-order valence-electron chi connectivity index (χ3n) is 2.47. The highest BCUT2D eigenvalue weighted by molar-refractivity contribution is 6.33. The number of halogens is 1. The lowest BCUT2D eigenvalue weighted by molar-refractivity contribution is 0.0965. The summed E-state index contributed by atoms with van der Waals surface area (Å²) in [6.07, 6.45) is 0. The number of hydrogen-bond acceptors (Lipinski definition) is 3. The summed E-state index contributed by atoms with van der Waals surface area (Å²) in [6.45, 7) is 1.65. The normalized spacial score (nSPS) is 10.3. The van der Waals surface area contributed by atoms with Crippen molar-refractivity contribution in [2.75, 3.05) is 0 Å². The lowest BCUT2D eigenvalue weighted by Gasteiger charge is -2.05. The molecule has 92 valence electrons. The molecule has 0 N–H and O–H groups in total. The molecule has 2 rings (SSSR count). The molecule has 5 heteroatoms. The van der Waals surface area contributed by atoms with Crippen LogP contribution in [0, 0.1) is 6.92 Å². The van der Waals surface area contributed by atoms with Crippen LogP contribution in [-0.2, 0) is 6.54 Å². The van der Waals surface area contributed by atoms with Gasteiger partial charge in [0, 0.05) is 11.6 Å². The number of ketones is 1. The average Bonchev–Trinajstić information content (AvgIpc) is 2.34. The molecule has 0 bridgehead atoms. The Balaban J connectivity index is 2.30. The molecule has 0 amide bonds. The van der Waals surface area contributed by atoms with Crippen LogP contribution in [0.15, 0.2) is 41.2 Å². The fourth-order valence-electron chi connectivity index (χ4n) is 1.57. The van der Waals surface area contributed by atoms with Crippen LogP contribution in [0.5, 0.6) is 0 Å². The van der Waals surface area contributed by atoms with E-state index in [1.807, 2.05) is 0 Å². The van der Waals surface area contributed by atoms with Crippen molar-refractivity contribution in [2.24, 2.45) is 0 Å². The van der Waals surface area contributed by atoms with Gasteiger partial charge >= 0.3 is 0 Å². The van der Waals surface area contributed by atoms with Gasteiger partial charge in [0.05, 0.1) is 10.7 Å². The fourth-order valence-corrected chi connectivity index (χ4v) is 1.81. The number of Topliss-reactive ketones (excluding diaryl/α,β-unsaturated/α-hetero) is 1. The number of hydrogen-bond donors (Lipinski definition) is 0. The second-order valence-electron chi connectivity index (χ2n) is 3.87. The molecule has 0 aliphatic carbocycles. The zero-order valence-corrected chi connectivity index (χ0v) is 10.5. The molecular formula is C13H11ClN2O2. The van der Waals surface area contributed by atoms with E-state index in [1.54, 1.807) is 37.3 Å². The molecule has 1 aromatic carbocycles. The number of benzene rings is 1. The number of carbonyl (C=O) groups excluding carboxylic acids is 1. The van der Waals surface area contributed by atoms with Crippen molar-refractivity contribution >= 4 is 17.4 Å². The van der Waals surface area contributed by atoms with Gasteiger partial charge in [-0.25, -0.2) is 4.68 Å². The maximum atomic E-state index is 12.0. The predicted octanol–water partition coefficient (Wildman–Crippen LogP) is 2.09. The van der Waals surface area contributed by atoms with Crippen molar-refractivity contribution in [3.05, 3.63) is 63.0 Å². The second-order valence-corrected chi connectivity index (χ2v) is 4.28. The van der Waals surface area contributed by atoms with Crippen LogP contribution in [0.3, 0.4) is 0 Å². The number of aromatic nitrogens is 2. The van der Waals surface area contributed by atoms with Crippen LogP contribution in [0.25, 0.3) is 0 Å². The first kappa shape index (κ1) is 12.5. The summed E-state index contributed by atoms with van der Waals surface area (Å²) in [5.41, 5.74) is 0.775. The molecule has 2 aromatic rings. The van der Waals surface area contributed by atoms with Crippen LogP contribution in [0.2, 0.25) is 5.02 Å². The van der Waals surface area contributed by atoms with Gasteiger partial charge in [0.1, 0.15) is 6.54 Å². The van der Waals surface area contributed by atoms with Crippen LogP contribution >= 0.6 is 11.6 Å². The second kappa shape index (κ2) is 5.14. The topological polar surface area (TPSA) is 52.0 Å². The van der Waals surface area contributed by atoms with Crippen molar-refractivity contribution in [3.8, 4) is 0 Å². The Morgan fingerprint density at radius 3 is 2.72 bits per heavy atom. The number of aryl methyl sites for hydroxylation is 1. The molecule has 18 heavy (non-hydrogen) atoms. The molecule has 0 aliphatic heterocycles. The first-order chi connectivity index (χ1) is 8.58. The third-order valence-corrected chi connectivity index (χ3v) is 2.80. The predicted molar refractivity (Wildman–Crippen MR) is 69.0 cm³/mol. The summed E-state index contributed by atoms with van der Waals surface area (Å²) in [4.78, 5) is 23.6. The minimum absolute atomic E-state index is 0.107. The standard InChI is InChI=1S/C13H11ClN2O2/c1-9-6-7-13(18)16(15-9)8-12(17)10-4-2-3-5-11(10)14/h2-7H,8H2,1H3. The summed E-state index contributed by atoms with van der Waals surface area (Å²) in [7, 11) is 0. The van der Waals surface area contributed by atoms with Gasteiger partial charge in [0.15, 0.2) is 5.78 Å². The summed E-state index contributed by atoms with van der Waals surface area (Å²) in [5, 5.41) is 4.39. The fraction of sp³-hybridized carbons (Fsp3) is 0.154. The highest BCUT2D eigenvalue weighted by Gasteiger charge is 2.11. The molecule has 0 aliphatic rings. The molecule has 0 radical (unpaired) electrons. The summed E-state index contributed by atoms with van der Waals surface area (Å²) in [6, 6.07) is 9.75.